The van der Waals surface area contributed by atoms with Gasteiger partial charge in [0, 0.05) is 31.2 Å². The largest absolute Gasteiger partial charge is 0.445 e. The van der Waals surface area contributed by atoms with Crippen molar-refractivity contribution in [2.75, 3.05) is 33.3 Å². The molecule has 12 heteroatoms. The number of urea groups is 1. The Bertz CT molecular complexity index is 1260. The molecule has 0 bridgehead atoms. The standard InChI is InChI=1S/C29H35BrN6O5/c1-3-15-41-29(40)31-14-8-13-24-27(38)34(18-22-11-7-12-23(30)16-22)19-25-35(24)26(37)20-33(2)36(25)28(39)32-17-21-9-5-4-6-10-21/h3-7,9-12,16,24-25H,1,8,13-15,17-20H2,2H3,(H,31,40)(H,32,39)/t24-,25-/m0/s1. The van der Waals surface area contributed by atoms with Crippen LogP contribution in [0.25, 0.3) is 0 Å². The molecule has 41 heavy (non-hydrogen) atoms. The number of nitrogens with one attached hydrogen (secondary N) is 2. The molecular weight excluding hydrogens is 592 g/mol. The van der Waals surface area contributed by atoms with Crippen LogP contribution < -0.4 is 10.6 Å². The highest BCUT2D eigenvalue weighted by molar-refractivity contribution is 9.10. The van der Waals surface area contributed by atoms with Crippen LogP contribution in [0.3, 0.4) is 0 Å². The van der Waals surface area contributed by atoms with Crippen LogP contribution in [0.5, 0.6) is 0 Å². The van der Waals surface area contributed by atoms with Gasteiger partial charge in [-0.1, -0.05) is 71.0 Å². The van der Waals surface area contributed by atoms with E-state index < -0.39 is 18.3 Å². The smallest absolute Gasteiger partial charge is 0.407 e. The summed E-state index contributed by atoms with van der Waals surface area (Å²) in [5, 5.41) is 8.74. The fourth-order valence-electron chi connectivity index (χ4n) is 5.11. The Kier molecular flexibility index (Phi) is 10.4. The van der Waals surface area contributed by atoms with Crippen LogP contribution in [0.1, 0.15) is 24.0 Å². The summed E-state index contributed by atoms with van der Waals surface area (Å²) < 4.78 is 5.83. The third-order valence-electron chi connectivity index (χ3n) is 6.95. The molecule has 0 saturated carbocycles. The lowest BCUT2D eigenvalue weighted by Gasteiger charge is -2.54. The highest BCUT2D eigenvalue weighted by atomic mass is 79.9. The maximum atomic E-state index is 13.8. The summed E-state index contributed by atoms with van der Waals surface area (Å²) in [4.78, 5) is 55.8. The van der Waals surface area contributed by atoms with Crippen LogP contribution in [-0.4, -0.2) is 89.3 Å². The number of hydrazine groups is 1. The number of ether oxygens (including phenoxy) is 1. The molecule has 2 aliphatic rings. The minimum Gasteiger partial charge on any atom is -0.445 e. The van der Waals surface area contributed by atoms with Gasteiger partial charge in [0.05, 0.1) is 13.1 Å². The van der Waals surface area contributed by atoms with Crippen LogP contribution >= 0.6 is 15.9 Å². The van der Waals surface area contributed by atoms with Crippen LogP contribution in [0.4, 0.5) is 9.59 Å². The molecule has 2 fully saturated rings. The molecule has 2 aromatic carbocycles. The van der Waals surface area contributed by atoms with Gasteiger partial charge in [-0.2, -0.15) is 0 Å². The summed E-state index contributed by atoms with van der Waals surface area (Å²) >= 11 is 3.49. The Balaban J connectivity index is 1.54. The second-order valence-electron chi connectivity index (χ2n) is 9.91. The third-order valence-corrected chi connectivity index (χ3v) is 7.45. The van der Waals surface area contributed by atoms with Gasteiger partial charge >= 0.3 is 12.1 Å². The Labute approximate surface area is 248 Å². The first-order valence-electron chi connectivity index (χ1n) is 13.5. The van der Waals surface area contributed by atoms with Crippen molar-refractivity contribution in [3.63, 3.8) is 0 Å². The molecule has 0 unspecified atom stereocenters. The molecule has 11 nitrogen and oxygen atoms in total. The summed E-state index contributed by atoms with van der Waals surface area (Å²) in [6.45, 7) is 4.63. The molecular formula is C29H35BrN6O5. The SMILES string of the molecule is C=CCOC(=O)NCCC[C@H]1C(=O)N(Cc2cccc(Br)c2)C[C@H]2N1C(=O)CN(C)N2C(=O)NCc1ccccc1. The van der Waals surface area contributed by atoms with Crippen LogP contribution in [-0.2, 0) is 27.4 Å². The molecule has 2 heterocycles. The van der Waals surface area contributed by atoms with E-state index in [9.17, 15) is 19.2 Å². The number of hydrogen-bond acceptors (Lipinski definition) is 6. The normalized spacial score (nSPS) is 19.0. The first-order chi connectivity index (χ1) is 19.8. The molecule has 0 aliphatic carbocycles. The van der Waals surface area contributed by atoms with E-state index in [1.165, 1.54) is 16.0 Å². The van der Waals surface area contributed by atoms with Gasteiger partial charge in [-0.25, -0.2) is 19.6 Å². The zero-order chi connectivity index (χ0) is 29.4. The average Bonchev–Trinajstić information content (AvgIpc) is 2.95. The predicted molar refractivity (Wildman–Crippen MR) is 156 cm³/mol. The van der Waals surface area contributed by atoms with E-state index in [4.69, 9.17) is 4.74 Å². The van der Waals surface area contributed by atoms with Crippen molar-refractivity contribution in [3.8, 4) is 0 Å². The van der Waals surface area contributed by atoms with E-state index >= 15 is 0 Å². The van der Waals surface area contributed by atoms with E-state index in [1.54, 1.807) is 17.0 Å². The average molecular weight is 628 g/mol. The minimum atomic E-state index is -0.794. The molecule has 5 amide bonds. The molecule has 4 rings (SSSR count). The zero-order valence-corrected chi connectivity index (χ0v) is 24.6. The lowest BCUT2D eigenvalue weighted by atomic mass is 10.0. The number of rotatable bonds is 10. The summed E-state index contributed by atoms with van der Waals surface area (Å²) in [5.74, 6) is -0.429. The minimum absolute atomic E-state index is 0.0448. The fraction of sp³-hybridized carbons (Fsp3) is 0.379. The van der Waals surface area contributed by atoms with E-state index in [1.807, 2.05) is 54.6 Å². The van der Waals surface area contributed by atoms with Gasteiger partial charge in [-0.05, 0) is 36.1 Å². The Hall–Kier alpha value is -3.90. The first-order valence-corrected chi connectivity index (χ1v) is 14.3. The van der Waals surface area contributed by atoms with Gasteiger partial charge in [-0.15, -0.1) is 0 Å². The number of fused-ring (bicyclic) bond motifs is 1. The Morgan fingerprint density at radius 1 is 1.10 bits per heavy atom. The second kappa shape index (κ2) is 14.1. The lowest BCUT2D eigenvalue weighted by Crippen LogP contribution is -2.75. The number of halogens is 1. The van der Waals surface area contributed by atoms with Gasteiger partial charge in [0.1, 0.15) is 18.8 Å². The summed E-state index contributed by atoms with van der Waals surface area (Å²) in [7, 11) is 1.69. The topological polar surface area (TPSA) is 115 Å². The maximum absolute atomic E-state index is 13.8. The summed E-state index contributed by atoms with van der Waals surface area (Å²) in [6.07, 6.45) is 0.933. The molecule has 0 spiro atoms. The maximum Gasteiger partial charge on any atom is 0.407 e. The zero-order valence-electron chi connectivity index (χ0n) is 23.0. The number of hydrogen-bond donors (Lipinski definition) is 2. The summed E-state index contributed by atoms with van der Waals surface area (Å²) in [6, 6.07) is 16.1. The van der Waals surface area contributed by atoms with Gasteiger partial charge in [0.25, 0.3) is 0 Å². The number of amides is 5. The molecule has 2 aliphatic heterocycles. The number of benzene rings is 2. The van der Waals surface area contributed by atoms with E-state index in [-0.39, 0.29) is 44.1 Å². The van der Waals surface area contributed by atoms with Crippen molar-refractivity contribution in [3.05, 3.63) is 82.9 Å². The van der Waals surface area contributed by atoms with E-state index in [0.717, 1.165) is 15.6 Å². The lowest BCUT2D eigenvalue weighted by molar-refractivity contribution is -0.188. The van der Waals surface area contributed by atoms with Crippen molar-refractivity contribution in [1.82, 2.24) is 30.5 Å². The number of carbonyl (C=O) groups is 4. The molecule has 2 N–H and O–H groups in total. The third kappa shape index (κ3) is 7.65. The van der Waals surface area contributed by atoms with Gasteiger partial charge < -0.3 is 25.2 Å². The molecule has 2 atom stereocenters. The molecule has 2 saturated heterocycles. The quantitative estimate of drug-likeness (QED) is 0.309. The fourth-order valence-corrected chi connectivity index (χ4v) is 5.55. The Morgan fingerprint density at radius 2 is 1.85 bits per heavy atom. The number of piperazine rings is 1. The molecule has 2 aromatic rings. The number of likely N-dealkylation sites (N-methyl/N-ethyl adjacent to an activating group) is 1. The second-order valence-corrected chi connectivity index (χ2v) is 10.8. The molecule has 218 valence electrons. The van der Waals surface area contributed by atoms with Gasteiger partial charge in [0.2, 0.25) is 11.8 Å². The highest BCUT2D eigenvalue weighted by Gasteiger charge is 2.50. The van der Waals surface area contributed by atoms with Crippen molar-refractivity contribution in [2.45, 2.75) is 38.1 Å². The van der Waals surface area contributed by atoms with Gasteiger partial charge in [-0.3, -0.25) is 9.59 Å². The van der Waals surface area contributed by atoms with Crippen LogP contribution in [0.15, 0.2) is 71.7 Å². The monoisotopic (exact) mass is 626 g/mol. The number of alkyl carbamates (subject to hydrolysis) is 1. The predicted octanol–water partition coefficient (Wildman–Crippen LogP) is 3.08. The molecule has 0 aromatic heterocycles. The van der Waals surface area contributed by atoms with Gasteiger partial charge in [0.15, 0.2) is 0 Å². The van der Waals surface area contributed by atoms with Crippen LogP contribution in [0.2, 0.25) is 0 Å². The first kappa shape index (κ1) is 30.1. The number of nitrogens with zero attached hydrogens (tertiary/aromatic N) is 4. The van der Waals surface area contributed by atoms with E-state index in [2.05, 4.69) is 33.1 Å². The summed E-state index contributed by atoms with van der Waals surface area (Å²) in [5.41, 5.74) is 1.86. The van der Waals surface area contributed by atoms with E-state index in [0.29, 0.717) is 25.9 Å². The van der Waals surface area contributed by atoms with Crippen LogP contribution in [0, 0.1) is 0 Å². The van der Waals surface area contributed by atoms with Crippen molar-refractivity contribution >= 4 is 39.9 Å². The molecule has 0 radical (unpaired) electrons. The highest BCUT2D eigenvalue weighted by Crippen LogP contribution is 2.29. The Morgan fingerprint density at radius 3 is 2.59 bits per heavy atom. The number of carbonyl (C=O) groups excluding carboxylic acids is 4. The van der Waals surface area contributed by atoms with Crippen molar-refractivity contribution in [2.24, 2.45) is 0 Å². The van der Waals surface area contributed by atoms with Crippen molar-refractivity contribution in [1.29, 1.82) is 0 Å². The van der Waals surface area contributed by atoms with Crippen molar-refractivity contribution < 1.29 is 23.9 Å².